The van der Waals surface area contributed by atoms with Gasteiger partial charge in [-0.15, -0.1) is 0 Å². The molecule has 0 heterocycles. The molecule has 0 aliphatic heterocycles. The highest BCUT2D eigenvalue weighted by Gasteiger charge is 2.13. The van der Waals surface area contributed by atoms with Gasteiger partial charge in [0.1, 0.15) is 0 Å². The molecule has 0 aromatic heterocycles. The second-order valence-corrected chi connectivity index (χ2v) is 2.22. The van der Waals surface area contributed by atoms with E-state index in [1.54, 1.807) is 13.0 Å². The molecule has 0 saturated carbocycles. The van der Waals surface area contributed by atoms with Crippen molar-refractivity contribution in [2.24, 2.45) is 0 Å². The van der Waals surface area contributed by atoms with E-state index in [1.165, 1.54) is 0 Å². The minimum absolute atomic E-state index is 0.104. The number of hydrogen-bond donors (Lipinski definition) is 0. The second kappa shape index (κ2) is 5.46. The molecule has 0 aromatic carbocycles. The third-order valence-electron chi connectivity index (χ3n) is 1.33. The lowest BCUT2D eigenvalue weighted by Crippen LogP contribution is -1.98. The Morgan fingerprint density at radius 2 is 2.17 bits per heavy atom. The number of nitro groups is 1. The van der Waals surface area contributed by atoms with E-state index in [9.17, 15) is 14.5 Å². The molecule has 0 amide bonds. The Labute approximate surface area is 70.7 Å². The first-order chi connectivity index (χ1) is 5.63. The van der Waals surface area contributed by atoms with Crippen LogP contribution < -0.4 is 0 Å². The first-order valence-electron chi connectivity index (χ1n) is 3.83. The molecule has 0 spiro atoms. The van der Waals surface area contributed by atoms with Gasteiger partial charge in [0, 0.05) is 6.42 Å². The van der Waals surface area contributed by atoms with Crippen LogP contribution in [0.5, 0.6) is 0 Å². The molecule has 68 valence electrons. The van der Waals surface area contributed by atoms with E-state index in [1.807, 2.05) is 6.92 Å². The zero-order valence-corrected chi connectivity index (χ0v) is 7.21. The van der Waals surface area contributed by atoms with Crippen molar-refractivity contribution in [1.82, 2.24) is 0 Å². The first kappa shape index (κ1) is 10.8. The highest BCUT2D eigenvalue weighted by Crippen LogP contribution is 2.12. The van der Waals surface area contributed by atoms with Crippen LogP contribution in [0.25, 0.3) is 0 Å². The van der Waals surface area contributed by atoms with Crippen LogP contribution in [0.1, 0.15) is 26.7 Å². The quantitative estimate of drug-likeness (QED) is 0.372. The number of hydrogen-bond acceptors (Lipinski definition) is 2. The molecule has 3 nitrogen and oxygen atoms in total. The van der Waals surface area contributed by atoms with E-state index >= 15 is 0 Å². The van der Waals surface area contributed by atoms with E-state index in [2.05, 4.69) is 0 Å². The fraction of sp³-hybridized carbons (Fsp3) is 0.500. The van der Waals surface area contributed by atoms with Crippen LogP contribution in [0.4, 0.5) is 4.39 Å². The van der Waals surface area contributed by atoms with Gasteiger partial charge in [-0.25, -0.2) is 0 Å². The zero-order chi connectivity index (χ0) is 9.56. The van der Waals surface area contributed by atoms with Gasteiger partial charge in [0.2, 0.25) is 0 Å². The predicted molar refractivity (Wildman–Crippen MR) is 44.9 cm³/mol. The van der Waals surface area contributed by atoms with Crippen molar-refractivity contribution in [1.29, 1.82) is 0 Å². The average molecular weight is 173 g/mol. The molecular weight excluding hydrogens is 161 g/mol. The Morgan fingerprint density at radius 3 is 2.50 bits per heavy atom. The molecular formula is C8H12FNO2. The van der Waals surface area contributed by atoms with Crippen LogP contribution in [-0.2, 0) is 0 Å². The molecule has 0 bridgehead atoms. The summed E-state index contributed by atoms with van der Waals surface area (Å²) in [6, 6.07) is 0. The van der Waals surface area contributed by atoms with Gasteiger partial charge in [0.25, 0.3) is 5.70 Å². The lowest BCUT2D eigenvalue weighted by Gasteiger charge is -1.92. The third-order valence-corrected chi connectivity index (χ3v) is 1.33. The number of allylic oxidation sites excluding steroid dienone is 4. The van der Waals surface area contributed by atoms with E-state index in [4.69, 9.17) is 0 Å². The van der Waals surface area contributed by atoms with E-state index in [0.717, 1.165) is 6.08 Å². The van der Waals surface area contributed by atoms with Crippen LogP contribution in [0.15, 0.2) is 23.7 Å². The lowest BCUT2D eigenvalue weighted by molar-refractivity contribution is -0.429. The summed E-state index contributed by atoms with van der Waals surface area (Å²) >= 11 is 0. The van der Waals surface area contributed by atoms with Crippen molar-refractivity contribution in [3.05, 3.63) is 33.8 Å². The Hall–Kier alpha value is -1.19. The maximum absolute atomic E-state index is 12.9. The first-order valence-corrected chi connectivity index (χ1v) is 3.83. The SMILES string of the molecule is CC/C=C\C(F)=C(/CC)[N+](=O)[O-]. The van der Waals surface area contributed by atoms with Gasteiger partial charge in [-0.05, 0) is 12.5 Å². The van der Waals surface area contributed by atoms with Gasteiger partial charge in [-0.2, -0.15) is 4.39 Å². The highest BCUT2D eigenvalue weighted by atomic mass is 19.1. The summed E-state index contributed by atoms with van der Waals surface area (Å²) in [5.41, 5.74) is -0.361. The summed E-state index contributed by atoms with van der Waals surface area (Å²) in [7, 11) is 0. The van der Waals surface area contributed by atoms with Crippen molar-refractivity contribution in [3.8, 4) is 0 Å². The van der Waals surface area contributed by atoms with Crippen LogP contribution >= 0.6 is 0 Å². The Kier molecular flexibility index (Phi) is 4.92. The Morgan fingerprint density at radius 1 is 1.58 bits per heavy atom. The fourth-order valence-electron chi connectivity index (χ4n) is 0.703. The summed E-state index contributed by atoms with van der Waals surface area (Å²) in [6.07, 6.45) is 3.46. The summed E-state index contributed by atoms with van der Waals surface area (Å²) < 4.78 is 12.9. The van der Waals surface area contributed by atoms with Crippen LogP contribution in [-0.4, -0.2) is 4.92 Å². The summed E-state index contributed by atoms with van der Waals surface area (Å²) in [5, 5.41) is 10.2. The van der Waals surface area contributed by atoms with Crippen LogP contribution in [0, 0.1) is 10.1 Å². The summed E-state index contributed by atoms with van der Waals surface area (Å²) in [6.45, 7) is 3.39. The van der Waals surface area contributed by atoms with Crippen LogP contribution in [0.2, 0.25) is 0 Å². The molecule has 0 aliphatic carbocycles. The van der Waals surface area contributed by atoms with E-state index < -0.39 is 10.8 Å². The largest absolute Gasteiger partial charge is 0.281 e. The topological polar surface area (TPSA) is 43.1 Å². The molecule has 0 rings (SSSR count). The zero-order valence-electron chi connectivity index (χ0n) is 7.21. The molecule has 0 radical (unpaired) electrons. The molecule has 0 fully saturated rings. The lowest BCUT2D eigenvalue weighted by atomic mass is 10.3. The summed E-state index contributed by atoms with van der Waals surface area (Å²) in [5.74, 6) is -0.746. The molecule has 0 unspecified atom stereocenters. The Bertz CT molecular complexity index is 221. The minimum Gasteiger partial charge on any atom is -0.259 e. The van der Waals surface area contributed by atoms with Crippen molar-refractivity contribution >= 4 is 0 Å². The predicted octanol–water partition coefficient (Wildman–Crippen LogP) is 2.82. The molecule has 0 saturated heterocycles. The number of rotatable bonds is 4. The maximum Gasteiger partial charge on any atom is 0.281 e. The number of halogens is 1. The smallest absolute Gasteiger partial charge is 0.259 e. The molecule has 0 N–H and O–H groups in total. The van der Waals surface area contributed by atoms with Gasteiger partial charge in [0.05, 0.1) is 4.92 Å². The summed E-state index contributed by atoms with van der Waals surface area (Å²) in [4.78, 5) is 9.52. The minimum atomic E-state index is -0.746. The van der Waals surface area contributed by atoms with E-state index in [-0.39, 0.29) is 12.1 Å². The number of nitrogens with zero attached hydrogens (tertiary/aromatic N) is 1. The average Bonchev–Trinajstić information content (AvgIpc) is 2.01. The van der Waals surface area contributed by atoms with Gasteiger partial charge in [0.15, 0.2) is 5.83 Å². The Balaban J connectivity index is 4.60. The van der Waals surface area contributed by atoms with Crippen molar-refractivity contribution in [2.75, 3.05) is 0 Å². The third kappa shape index (κ3) is 3.27. The van der Waals surface area contributed by atoms with Crippen molar-refractivity contribution in [2.45, 2.75) is 26.7 Å². The molecule has 0 atom stereocenters. The van der Waals surface area contributed by atoms with Crippen molar-refractivity contribution < 1.29 is 9.31 Å². The standard InChI is InChI=1S/C8H12FNO2/c1-3-5-6-7(9)8(4-2)10(11)12/h5-6H,3-4H2,1-2H3/b6-5-,8-7-. The van der Waals surface area contributed by atoms with Crippen LogP contribution in [0.3, 0.4) is 0 Å². The van der Waals surface area contributed by atoms with Gasteiger partial charge < -0.3 is 0 Å². The van der Waals surface area contributed by atoms with Gasteiger partial charge >= 0.3 is 0 Å². The van der Waals surface area contributed by atoms with Crippen molar-refractivity contribution in [3.63, 3.8) is 0 Å². The maximum atomic E-state index is 12.9. The molecule has 0 aromatic rings. The fourth-order valence-corrected chi connectivity index (χ4v) is 0.703. The molecule has 0 aliphatic rings. The monoisotopic (exact) mass is 173 g/mol. The van der Waals surface area contributed by atoms with Gasteiger partial charge in [-0.1, -0.05) is 19.9 Å². The normalized spacial score (nSPS) is 13.2. The van der Waals surface area contributed by atoms with Gasteiger partial charge in [-0.3, -0.25) is 10.1 Å². The van der Waals surface area contributed by atoms with E-state index in [0.29, 0.717) is 6.42 Å². The highest BCUT2D eigenvalue weighted by molar-refractivity contribution is 5.14. The molecule has 4 heteroatoms. The molecule has 12 heavy (non-hydrogen) atoms. The second-order valence-electron chi connectivity index (χ2n) is 2.22.